The van der Waals surface area contributed by atoms with Crippen molar-refractivity contribution in [1.82, 2.24) is 0 Å². The molecule has 2 aromatic rings. The van der Waals surface area contributed by atoms with E-state index in [1.807, 2.05) is 37.3 Å². The molecule has 0 unspecified atom stereocenters. The lowest BCUT2D eigenvalue weighted by atomic mass is 10.2. The zero-order valence-corrected chi connectivity index (χ0v) is 9.77. The van der Waals surface area contributed by atoms with Gasteiger partial charge < -0.3 is 11.5 Å². The summed E-state index contributed by atoms with van der Waals surface area (Å²) in [4.78, 5) is 0. The molecule has 0 aliphatic rings. The Morgan fingerprint density at radius 2 is 1.44 bits per heavy atom. The maximum absolute atomic E-state index is 5.53. The van der Waals surface area contributed by atoms with E-state index < -0.39 is 0 Å². The molecule has 0 saturated heterocycles. The number of anilines is 2. The quantitative estimate of drug-likeness (QED) is 0.662. The number of hydrogen-bond donors (Lipinski definition) is 2. The molecule has 0 aromatic heterocycles. The third kappa shape index (κ3) is 4.05. The first kappa shape index (κ1) is 12.1. The summed E-state index contributed by atoms with van der Waals surface area (Å²) in [5.74, 6) is 0. The fourth-order valence-electron chi connectivity index (χ4n) is 1.23. The van der Waals surface area contributed by atoms with E-state index >= 15 is 0 Å². The highest BCUT2D eigenvalue weighted by molar-refractivity contribution is 5.54. The third-order valence-electron chi connectivity index (χ3n) is 2.23. The largest absolute Gasteiger partial charge is 0.399 e. The zero-order chi connectivity index (χ0) is 12.0. The van der Waals surface area contributed by atoms with Gasteiger partial charge in [0.25, 0.3) is 0 Å². The van der Waals surface area contributed by atoms with Crippen molar-refractivity contribution in [3.63, 3.8) is 0 Å². The monoisotopic (exact) mass is 214 g/mol. The molecule has 2 heteroatoms. The van der Waals surface area contributed by atoms with Crippen molar-refractivity contribution in [2.75, 3.05) is 11.5 Å². The standard InChI is InChI=1S/C7H10N2.C7H8/c1-5-4-6(8)2-3-7(5)9;1-7-5-3-2-4-6-7/h2-4H,8-9H2,1H3;2-6H,1H3. The minimum absolute atomic E-state index is 0.765. The summed E-state index contributed by atoms with van der Waals surface area (Å²) in [5.41, 5.74) is 14.9. The van der Waals surface area contributed by atoms with Crippen LogP contribution in [0.25, 0.3) is 0 Å². The van der Waals surface area contributed by atoms with Gasteiger partial charge in [0, 0.05) is 11.4 Å². The molecule has 0 aliphatic carbocycles. The Hall–Kier alpha value is -1.96. The van der Waals surface area contributed by atoms with Crippen LogP contribution in [0.5, 0.6) is 0 Å². The molecule has 0 aliphatic heterocycles. The highest BCUT2D eigenvalue weighted by Crippen LogP contribution is 2.12. The molecule has 0 atom stereocenters. The van der Waals surface area contributed by atoms with E-state index in [-0.39, 0.29) is 0 Å². The lowest BCUT2D eigenvalue weighted by Crippen LogP contribution is -1.91. The molecule has 84 valence electrons. The topological polar surface area (TPSA) is 52.0 Å². The molecule has 2 aromatic carbocycles. The van der Waals surface area contributed by atoms with Gasteiger partial charge in [-0.3, -0.25) is 0 Å². The maximum atomic E-state index is 5.53. The van der Waals surface area contributed by atoms with Crippen molar-refractivity contribution in [2.24, 2.45) is 0 Å². The number of benzene rings is 2. The number of aryl methyl sites for hydroxylation is 2. The molecule has 4 N–H and O–H groups in total. The first-order chi connectivity index (χ1) is 7.59. The first-order valence-electron chi connectivity index (χ1n) is 5.23. The molecule has 0 fully saturated rings. The van der Waals surface area contributed by atoms with Crippen molar-refractivity contribution in [3.05, 3.63) is 59.7 Å². The van der Waals surface area contributed by atoms with Crippen LogP contribution >= 0.6 is 0 Å². The van der Waals surface area contributed by atoms with Gasteiger partial charge in [-0.15, -0.1) is 0 Å². The molecule has 2 nitrogen and oxygen atoms in total. The summed E-state index contributed by atoms with van der Waals surface area (Å²) in [7, 11) is 0. The normalized spacial score (nSPS) is 9.12. The number of nitrogen functional groups attached to an aromatic ring is 2. The van der Waals surface area contributed by atoms with Crippen LogP contribution in [0.15, 0.2) is 48.5 Å². The summed E-state index contributed by atoms with van der Waals surface area (Å²) in [6.45, 7) is 4.02. The smallest absolute Gasteiger partial charge is 0.0345 e. The maximum Gasteiger partial charge on any atom is 0.0345 e. The summed E-state index contributed by atoms with van der Waals surface area (Å²) in [6, 6.07) is 15.7. The minimum Gasteiger partial charge on any atom is -0.399 e. The predicted molar refractivity (Wildman–Crippen MR) is 71.2 cm³/mol. The van der Waals surface area contributed by atoms with E-state index in [1.54, 1.807) is 6.07 Å². The lowest BCUT2D eigenvalue weighted by Gasteiger charge is -1.98. The van der Waals surface area contributed by atoms with Crippen LogP contribution in [0.2, 0.25) is 0 Å². The summed E-state index contributed by atoms with van der Waals surface area (Å²) in [6.07, 6.45) is 0. The zero-order valence-electron chi connectivity index (χ0n) is 9.77. The Kier molecular flexibility index (Phi) is 4.40. The molecule has 0 saturated carbocycles. The van der Waals surface area contributed by atoms with E-state index in [4.69, 9.17) is 11.5 Å². The number of hydrogen-bond acceptors (Lipinski definition) is 2. The molecule has 16 heavy (non-hydrogen) atoms. The Morgan fingerprint density at radius 3 is 1.81 bits per heavy atom. The minimum atomic E-state index is 0.765. The van der Waals surface area contributed by atoms with E-state index in [0.29, 0.717) is 0 Å². The second kappa shape index (κ2) is 5.81. The Balaban J connectivity index is 0.000000165. The van der Waals surface area contributed by atoms with Gasteiger partial charge in [0.2, 0.25) is 0 Å². The second-order valence-corrected chi connectivity index (χ2v) is 3.77. The van der Waals surface area contributed by atoms with E-state index in [0.717, 1.165) is 16.9 Å². The average molecular weight is 214 g/mol. The summed E-state index contributed by atoms with van der Waals surface area (Å²) < 4.78 is 0. The van der Waals surface area contributed by atoms with Gasteiger partial charge in [-0.1, -0.05) is 35.9 Å². The second-order valence-electron chi connectivity index (χ2n) is 3.77. The predicted octanol–water partition coefficient (Wildman–Crippen LogP) is 3.15. The Bertz CT molecular complexity index is 436. The average Bonchev–Trinajstić information content (AvgIpc) is 2.26. The molecular formula is C14H18N2. The molecule has 0 bridgehead atoms. The Labute approximate surface area is 96.9 Å². The Morgan fingerprint density at radius 1 is 0.812 bits per heavy atom. The van der Waals surface area contributed by atoms with E-state index in [2.05, 4.69) is 19.1 Å². The van der Waals surface area contributed by atoms with Crippen molar-refractivity contribution < 1.29 is 0 Å². The van der Waals surface area contributed by atoms with Gasteiger partial charge in [-0.05, 0) is 37.6 Å². The SMILES string of the molecule is Cc1cc(N)ccc1N.Cc1ccccc1. The molecule has 0 heterocycles. The van der Waals surface area contributed by atoms with Crippen LogP contribution in [-0.2, 0) is 0 Å². The first-order valence-corrected chi connectivity index (χ1v) is 5.23. The highest BCUT2D eigenvalue weighted by atomic mass is 14.6. The van der Waals surface area contributed by atoms with Crippen molar-refractivity contribution in [3.8, 4) is 0 Å². The third-order valence-corrected chi connectivity index (χ3v) is 2.23. The van der Waals surface area contributed by atoms with Crippen molar-refractivity contribution in [1.29, 1.82) is 0 Å². The van der Waals surface area contributed by atoms with Crippen LogP contribution in [0.3, 0.4) is 0 Å². The van der Waals surface area contributed by atoms with Gasteiger partial charge in [0.1, 0.15) is 0 Å². The number of nitrogens with two attached hydrogens (primary N) is 2. The molecule has 0 radical (unpaired) electrons. The van der Waals surface area contributed by atoms with Crippen molar-refractivity contribution in [2.45, 2.75) is 13.8 Å². The fraction of sp³-hybridized carbons (Fsp3) is 0.143. The molecule has 0 amide bonds. The van der Waals surface area contributed by atoms with Crippen LogP contribution < -0.4 is 11.5 Å². The lowest BCUT2D eigenvalue weighted by molar-refractivity contribution is 1.47. The summed E-state index contributed by atoms with van der Waals surface area (Å²) >= 11 is 0. The van der Waals surface area contributed by atoms with Gasteiger partial charge in [0.05, 0.1) is 0 Å². The number of rotatable bonds is 0. The van der Waals surface area contributed by atoms with Crippen LogP contribution in [0.4, 0.5) is 11.4 Å². The van der Waals surface area contributed by atoms with Crippen molar-refractivity contribution >= 4 is 11.4 Å². The van der Waals surface area contributed by atoms with Gasteiger partial charge >= 0.3 is 0 Å². The highest BCUT2D eigenvalue weighted by Gasteiger charge is 1.90. The van der Waals surface area contributed by atoms with Gasteiger partial charge in [0.15, 0.2) is 0 Å². The molecule has 0 spiro atoms. The van der Waals surface area contributed by atoms with E-state index in [1.165, 1.54) is 5.56 Å². The van der Waals surface area contributed by atoms with Crippen LogP contribution in [-0.4, -0.2) is 0 Å². The molecular weight excluding hydrogens is 196 g/mol. The van der Waals surface area contributed by atoms with Gasteiger partial charge in [-0.2, -0.15) is 0 Å². The van der Waals surface area contributed by atoms with Crippen LogP contribution in [0, 0.1) is 13.8 Å². The van der Waals surface area contributed by atoms with E-state index in [9.17, 15) is 0 Å². The van der Waals surface area contributed by atoms with Gasteiger partial charge in [-0.25, -0.2) is 0 Å². The summed E-state index contributed by atoms with van der Waals surface area (Å²) in [5, 5.41) is 0. The molecule has 2 rings (SSSR count). The fourth-order valence-corrected chi connectivity index (χ4v) is 1.23. The van der Waals surface area contributed by atoms with Crippen LogP contribution in [0.1, 0.15) is 11.1 Å².